The van der Waals surface area contributed by atoms with Crippen LogP contribution in [-0.4, -0.2) is 12.4 Å². The number of rotatable bonds is 4. The summed E-state index contributed by atoms with van der Waals surface area (Å²) in [6.45, 7) is 4.39. The fourth-order valence-electron chi connectivity index (χ4n) is 1.93. The zero-order valence-corrected chi connectivity index (χ0v) is 14.4. The van der Waals surface area contributed by atoms with Gasteiger partial charge < -0.3 is 4.74 Å². The molecular weight excluding hydrogens is 384 g/mol. The number of halogens is 2. The lowest BCUT2D eigenvalue weighted by atomic mass is 10.0. The summed E-state index contributed by atoms with van der Waals surface area (Å²) < 4.78 is 7.23. The fourth-order valence-corrected chi connectivity index (χ4v) is 2.73. The van der Waals surface area contributed by atoms with Gasteiger partial charge in [0, 0.05) is 14.5 Å². The van der Waals surface area contributed by atoms with E-state index in [-0.39, 0.29) is 5.78 Å². The highest BCUT2D eigenvalue weighted by atomic mass is 79.9. The molecule has 0 saturated heterocycles. The van der Waals surface area contributed by atoms with Gasteiger partial charge in [-0.2, -0.15) is 0 Å². The highest BCUT2D eigenvalue weighted by molar-refractivity contribution is 9.10. The van der Waals surface area contributed by atoms with E-state index in [4.69, 9.17) is 4.74 Å². The highest BCUT2D eigenvalue weighted by Gasteiger charge is 2.18. The van der Waals surface area contributed by atoms with Crippen molar-refractivity contribution in [2.75, 3.05) is 6.61 Å². The zero-order valence-electron chi connectivity index (χ0n) is 11.2. The summed E-state index contributed by atoms with van der Waals surface area (Å²) in [4.78, 5) is 12.7. The molecule has 104 valence electrons. The van der Waals surface area contributed by atoms with Crippen molar-refractivity contribution in [3.8, 4) is 5.75 Å². The molecule has 0 bridgehead atoms. The van der Waals surface area contributed by atoms with Gasteiger partial charge in [0.15, 0.2) is 5.78 Å². The molecule has 2 nitrogen and oxygen atoms in total. The molecule has 0 heterocycles. The summed E-state index contributed by atoms with van der Waals surface area (Å²) >= 11 is 6.89. The molecule has 0 radical (unpaired) electrons. The summed E-state index contributed by atoms with van der Waals surface area (Å²) in [5.74, 6) is 0.555. The molecule has 4 heteroatoms. The monoisotopic (exact) mass is 396 g/mol. The van der Waals surface area contributed by atoms with Crippen LogP contribution in [0.25, 0.3) is 0 Å². The molecule has 2 aromatic rings. The van der Waals surface area contributed by atoms with Crippen LogP contribution in [-0.2, 0) is 0 Å². The summed E-state index contributed by atoms with van der Waals surface area (Å²) in [6, 6.07) is 11.1. The zero-order chi connectivity index (χ0) is 14.7. The maximum absolute atomic E-state index is 12.7. The molecule has 2 aromatic carbocycles. The number of benzene rings is 2. The van der Waals surface area contributed by atoms with Gasteiger partial charge in [0.1, 0.15) is 5.75 Å². The van der Waals surface area contributed by atoms with Crippen molar-refractivity contribution in [2.45, 2.75) is 13.8 Å². The average Bonchev–Trinajstić information content (AvgIpc) is 2.43. The first kappa shape index (κ1) is 15.3. The van der Waals surface area contributed by atoms with Gasteiger partial charge in [-0.25, -0.2) is 0 Å². The smallest absolute Gasteiger partial charge is 0.197 e. The van der Waals surface area contributed by atoms with E-state index in [1.54, 1.807) is 6.07 Å². The lowest BCUT2D eigenvalue weighted by molar-refractivity contribution is 0.103. The fraction of sp³-hybridized carbons (Fsp3) is 0.188. The molecule has 0 fully saturated rings. The second-order valence-corrected chi connectivity index (χ2v) is 6.05. The number of hydrogen-bond acceptors (Lipinski definition) is 2. The number of ketones is 1. The molecule has 0 N–H and O–H groups in total. The van der Waals surface area contributed by atoms with Crippen LogP contribution >= 0.6 is 31.9 Å². The topological polar surface area (TPSA) is 26.3 Å². The van der Waals surface area contributed by atoms with Crippen LogP contribution in [0.2, 0.25) is 0 Å². The van der Waals surface area contributed by atoms with Crippen molar-refractivity contribution < 1.29 is 9.53 Å². The van der Waals surface area contributed by atoms with Crippen LogP contribution < -0.4 is 4.74 Å². The average molecular weight is 398 g/mol. The summed E-state index contributed by atoms with van der Waals surface area (Å²) in [5, 5.41) is 0. The van der Waals surface area contributed by atoms with E-state index in [9.17, 15) is 4.79 Å². The minimum absolute atomic E-state index is 0.0506. The van der Waals surface area contributed by atoms with Gasteiger partial charge in [0.25, 0.3) is 0 Å². The van der Waals surface area contributed by atoms with E-state index in [0.29, 0.717) is 23.5 Å². The third kappa shape index (κ3) is 3.13. The molecule has 0 amide bonds. The van der Waals surface area contributed by atoms with Crippen molar-refractivity contribution in [3.63, 3.8) is 0 Å². The normalized spacial score (nSPS) is 10.4. The Hall–Kier alpha value is -1.13. The van der Waals surface area contributed by atoms with Gasteiger partial charge >= 0.3 is 0 Å². The van der Waals surface area contributed by atoms with Gasteiger partial charge in [-0.15, -0.1) is 0 Å². The summed E-state index contributed by atoms with van der Waals surface area (Å²) in [5.41, 5.74) is 2.24. The van der Waals surface area contributed by atoms with E-state index < -0.39 is 0 Å². The molecule has 20 heavy (non-hydrogen) atoms. The molecule has 0 spiro atoms. The van der Waals surface area contributed by atoms with E-state index in [1.807, 2.05) is 44.2 Å². The van der Waals surface area contributed by atoms with Gasteiger partial charge in [0.2, 0.25) is 0 Å². The van der Waals surface area contributed by atoms with E-state index >= 15 is 0 Å². The van der Waals surface area contributed by atoms with Gasteiger partial charge in [-0.3, -0.25) is 4.79 Å². The Labute approximate surface area is 135 Å². The van der Waals surface area contributed by atoms with Crippen molar-refractivity contribution >= 4 is 37.6 Å². The van der Waals surface area contributed by atoms with Crippen LogP contribution in [0, 0.1) is 6.92 Å². The molecule has 0 aromatic heterocycles. The SMILES string of the molecule is CCOc1ccc(Br)cc1C(=O)c1cccc(C)c1Br. The number of aryl methyl sites for hydroxylation is 1. The first-order valence-corrected chi connectivity index (χ1v) is 7.85. The quantitative estimate of drug-likeness (QED) is 0.667. The number of hydrogen-bond donors (Lipinski definition) is 0. The van der Waals surface area contributed by atoms with Crippen LogP contribution in [0.15, 0.2) is 45.3 Å². The summed E-state index contributed by atoms with van der Waals surface area (Å²) in [6.07, 6.45) is 0. The lowest BCUT2D eigenvalue weighted by Crippen LogP contribution is -2.07. The second kappa shape index (κ2) is 6.55. The molecule has 0 aliphatic carbocycles. The molecule has 0 aliphatic heterocycles. The molecule has 0 aliphatic rings. The molecule has 0 atom stereocenters. The van der Waals surface area contributed by atoms with Crippen molar-refractivity contribution in [3.05, 3.63) is 62.0 Å². The molecular formula is C16H14Br2O2. The minimum Gasteiger partial charge on any atom is -0.493 e. The van der Waals surface area contributed by atoms with Gasteiger partial charge in [-0.1, -0.05) is 28.1 Å². The predicted molar refractivity (Wildman–Crippen MR) is 87.6 cm³/mol. The second-order valence-electron chi connectivity index (χ2n) is 4.34. The van der Waals surface area contributed by atoms with Crippen LogP contribution in [0.4, 0.5) is 0 Å². The molecule has 2 rings (SSSR count). The standard InChI is InChI=1S/C16H14Br2O2/c1-3-20-14-8-7-11(17)9-13(14)16(19)12-6-4-5-10(2)15(12)18/h4-9H,3H2,1-2H3. The molecule has 0 unspecified atom stereocenters. The lowest BCUT2D eigenvalue weighted by Gasteiger charge is -2.11. The maximum atomic E-state index is 12.7. The maximum Gasteiger partial charge on any atom is 0.197 e. The van der Waals surface area contributed by atoms with E-state index in [1.165, 1.54) is 0 Å². The Morgan fingerprint density at radius 1 is 1.15 bits per heavy atom. The third-order valence-corrected chi connectivity index (χ3v) is 4.47. The largest absolute Gasteiger partial charge is 0.493 e. The number of carbonyl (C=O) groups excluding carboxylic acids is 1. The molecule has 0 saturated carbocycles. The van der Waals surface area contributed by atoms with Crippen molar-refractivity contribution in [2.24, 2.45) is 0 Å². The van der Waals surface area contributed by atoms with E-state index in [2.05, 4.69) is 31.9 Å². The first-order valence-electron chi connectivity index (χ1n) is 6.26. The van der Waals surface area contributed by atoms with Crippen molar-refractivity contribution in [1.82, 2.24) is 0 Å². The minimum atomic E-state index is -0.0506. The van der Waals surface area contributed by atoms with Gasteiger partial charge in [0.05, 0.1) is 12.2 Å². The Morgan fingerprint density at radius 3 is 2.60 bits per heavy atom. The first-order chi connectivity index (χ1) is 9.54. The Balaban J connectivity index is 2.52. The highest BCUT2D eigenvalue weighted by Crippen LogP contribution is 2.29. The third-order valence-electron chi connectivity index (χ3n) is 2.92. The predicted octanol–water partition coefficient (Wildman–Crippen LogP) is 5.15. The number of ether oxygens (including phenoxy) is 1. The van der Waals surface area contributed by atoms with Gasteiger partial charge in [-0.05, 0) is 59.6 Å². The van der Waals surface area contributed by atoms with Crippen LogP contribution in [0.5, 0.6) is 5.75 Å². The van der Waals surface area contributed by atoms with Crippen molar-refractivity contribution in [1.29, 1.82) is 0 Å². The van der Waals surface area contributed by atoms with Crippen LogP contribution in [0.1, 0.15) is 28.4 Å². The Morgan fingerprint density at radius 2 is 1.90 bits per heavy atom. The number of carbonyl (C=O) groups is 1. The summed E-state index contributed by atoms with van der Waals surface area (Å²) in [7, 11) is 0. The van der Waals surface area contributed by atoms with Crippen LogP contribution in [0.3, 0.4) is 0 Å². The Kier molecular flexibility index (Phi) is 5.00. The van der Waals surface area contributed by atoms with E-state index in [0.717, 1.165) is 14.5 Å². The Bertz CT molecular complexity index is 651.